The number of furan rings is 1. The maximum atomic E-state index is 11.8. The third-order valence-corrected chi connectivity index (χ3v) is 24.9. The molecule has 14 aliphatic rings. The van der Waals surface area contributed by atoms with E-state index in [2.05, 4.69) is 4.74 Å². The molecule has 3 N–H and O–H groups in total. The van der Waals surface area contributed by atoms with Gasteiger partial charge in [-0.2, -0.15) is 0 Å². The number of aliphatic carboxylic acids is 2. The molecule has 29 heteroatoms. The zero-order valence-corrected chi connectivity index (χ0v) is 69.6. The third kappa shape index (κ3) is 15.6. The number of carboxylic acid groups (broad SMARTS) is 3. The number of carbonyl (C=O) groups excluding carboxylic acids is 8. The molecule has 124 heavy (non-hydrogen) atoms. The van der Waals surface area contributed by atoms with Crippen LogP contribution in [0.3, 0.4) is 0 Å². The van der Waals surface area contributed by atoms with Gasteiger partial charge in [-0.1, -0.05) is 188 Å². The van der Waals surface area contributed by atoms with Crippen molar-refractivity contribution in [1.29, 1.82) is 0 Å². The summed E-state index contributed by atoms with van der Waals surface area (Å²) in [6, 6.07) is 64.0. The number of nitrogens with two attached hydrogens (primary N) is 1. The average molecular weight is 1670 g/mol. The normalized spacial score (nSPS) is 27.7. The Morgan fingerprint density at radius 3 is 0.887 bits per heavy atom. The summed E-state index contributed by atoms with van der Waals surface area (Å²) < 4.78 is 73.3. The SMILES string of the molecule is COC(=O)C12C=CC(O1)c1ccccc12.COC(=O)C12CCC(O1)c1ccccc12.COC(=O)C12CCC(O1)c1ccccc12.COC(=O)[C@@]12CC[C@@H](O1)c1ccccc12.COC(=O)[C@]12CC[C@H](O1)c1ccccc12.COC(=O)c1ccco1.Nc1ccccc1C(=O)O.O=C([O-])[C@@]12CC[C@@H](O1)c1ccccc12.O=C([O-])[C@]12CC[C@H](O1)c1ccccc12.[Li+].[Li+]. The molecule has 0 saturated carbocycles. The Bertz CT molecular complexity index is 5180. The summed E-state index contributed by atoms with van der Waals surface area (Å²) >= 11 is 0. The van der Waals surface area contributed by atoms with E-state index in [1.54, 1.807) is 36.4 Å². The molecule has 1 aromatic heterocycles. The molecule has 15 heterocycles. The van der Waals surface area contributed by atoms with Gasteiger partial charge in [-0.25, -0.2) is 33.6 Å². The zero-order chi connectivity index (χ0) is 86.1. The van der Waals surface area contributed by atoms with Crippen LogP contribution in [0.15, 0.2) is 229 Å². The number of esters is 6. The number of hydrogen-bond acceptors (Lipinski definition) is 26. The maximum absolute atomic E-state index is 11.8. The standard InChI is InChI=1S/4C12H12O3.C12H10O3.2C11H10O3.C7H7NO2.C6H6O3.2Li/c5*1-14-11(13)12-7-6-10(15-12)8-4-2-3-5-9(8)12;2*12-10(13)11-6-5-9(14-11)7-3-1-2-4-8(7)11;8-6-4-2-1-3-5(6)7(9)10;1-8-6(7)5-3-2-4-9-5;;/h4*2-5,10H,6-7H2,1H3;2-7,10H,1H3;2*1-4,9H,5-6H2,(H,12,13);1-4H,8H2,(H,9,10);2-4H,1H3;;/q;;;;;;;;;2*+1/p-2/t2*10-,12+;;;;2*9-,11+;;;;/m10...10..../s1. The van der Waals surface area contributed by atoms with Crippen LogP contribution in [0.25, 0.3) is 0 Å². The molecule has 632 valence electrons. The number of aromatic carboxylic acids is 1. The van der Waals surface area contributed by atoms with Gasteiger partial charge in [0.2, 0.25) is 11.4 Å². The molecule has 23 rings (SSSR count). The Balaban J connectivity index is 0.000000120. The largest absolute Gasteiger partial charge is 1.00 e. The van der Waals surface area contributed by atoms with Crippen molar-refractivity contribution in [3.63, 3.8) is 0 Å². The third-order valence-electron chi connectivity index (χ3n) is 24.9. The molecule has 14 bridgehead atoms. The van der Waals surface area contributed by atoms with Crippen LogP contribution in [0, 0.1) is 0 Å². The van der Waals surface area contributed by atoms with Gasteiger partial charge in [0.25, 0.3) is 0 Å². The van der Waals surface area contributed by atoms with Gasteiger partial charge in [-0.15, -0.1) is 0 Å². The molecule has 6 unspecified atom stereocenters. The van der Waals surface area contributed by atoms with Gasteiger partial charge >= 0.3 is 79.5 Å². The fourth-order valence-electron chi connectivity index (χ4n) is 19.2. The number of hydrogen-bond donors (Lipinski definition) is 2. The van der Waals surface area contributed by atoms with E-state index in [1.165, 1.54) is 55.0 Å². The summed E-state index contributed by atoms with van der Waals surface area (Å²) in [5, 5.41) is 30.7. The number of anilines is 1. The number of fused-ring (bicyclic) bond motifs is 35. The summed E-state index contributed by atoms with van der Waals surface area (Å²) in [6.45, 7) is 0. The number of methoxy groups -OCH3 is 6. The number of rotatable bonds is 9. The van der Waals surface area contributed by atoms with Gasteiger partial charge in [0, 0.05) is 33.5 Å². The van der Waals surface area contributed by atoms with E-state index < -0.39 is 63.1 Å². The van der Waals surface area contributed by atoms with Crippen molar-refractivity contribution < 1.29 is 162 Å². The second-order valence-electron chi connectivity index (χ2n) is 31.0. The fraction of sp³-hybridized carbons (Fsp3) is 0.337. The molecule has 0 spiro atoms. The van der Waals surface area contributed by atoms with Crippen molar-refractivity contribution in [2.75, 3.05) is 48.4 Å². The smallest absolute Gasteiger partial charge is 0.547 e. The summed E-state index contributed by atoms with van der Waals surface area (Å²) in [7, 11) is 8.33. The topological polar surface area (TPSA) is 379 Å². The molecule has 14 atom stereocenters. The molecule has 0 radical (unpaired) electrons. The number of ether oxygens (including phenoxy) is 13. The van der Waals surface area contributed by atoms with E-state index in [9.17, 15) is 53.4 Å². The fourth-order valence-corrected chi connectivity index (χ4v) is 19.2. The number of carboxylic acids is 3. The van der Waals surface area contributed by atoms with Gasteiger partial charge in [0.05, 0.1) is 103 Å². The number of nitrogen functional groups attached to an aromatic ring is 1. The van der Waals surface area contributed by atoms with Gasteiger partial charge in [-0.05, 0) is 157 Å². The van der Waals surface area contributed by atoms with E-state index in [1.807, 2.05) is 176 Å². The average Bonchev–Trinajstić information content (AvgIpc) is 1.59. The van der Waals surface area contributed by atoms with Crippen LogP contribution in [0.2, 0.25) is 0 Å². The van der Waals surface area contributed by atoms with E-state index in [0.29, 0.717) is 18.5 Å². The van der Waals surface area contributed by atoms with Crippen LogP contribution in [0.5, 0.6) is 0 Å². The first-order chi connectivity index (χ1) is 58.9. The zero-order valence-electron chi connectivity index (χ0n) is 69.6. The van der Waals surface area contributed by atoms with Crippen molar-refractivity contribution in [2.24, 2.45) is 0 Å². The molecule has 0 aliphatic carbocycles. The maximum Gasteiger partial charge on any atom is 1.00 e. The van der Waals surface area contributed by atoms with Gasteiger partial charge in [0.15, 0.2) is 22.4 Å². The first kappa shape index (κ1) is 90.5. The Morgan fingerprint density at radius 1 is 0.339 bits per heavy atom. The van der Waals surface area contributed by atoms with Crippen molar-refractivity contribution in [3.05, 3.63) is 314 Å². The number of carbonyl (C=O) groups is 9. The van der Waals surface area contributed by atoms with Gasteiger partial charge in [-0.3, -0.25) is 0 Å². The van der Waals surface area contributed by atoms with Crippen LogP contribution in [-0.2, 0) is 134 Å². The van der Waals surface area contributed by atoms with Crippen molar-refractivity contribution in [1.82, 2.24) is 0 Å². The van der Waals surface area contributed by atoms with Crippen molar-refractivity contribution in [2.45, 2.75) is 159 Å². The second kappa shape index (κ2) is 36.9. The monoisotopic (exact) mass is 1670 g/mol. The summed E-state index contributed by atoms with van der Waals surface area (Å²) in [5.74, 6) is -4.84. The summed E-state index contributed by atoms with van der Waals surface area (Å²) in [6.07, 6.45) is 14.5. The summed E-state index contributed by atoms with van der Waals surface area (Å²) in [5.41, 5.74) is 13.4. The van der Waals surface area contributed by atoms with E-state index in [4.69, 9.17) is 72.1 Å². The second-order valence-corrected chi connectivity index (χ2v) is 31.0. The Hall–Kier alpha value is -11.3. The Kier molecular flexibility index (Phi) is 26.9. The van der Waals surface area contributed by atoms with Crippen LogP contribution in [0.1, 0.15) is 219 Å². The molecular weight excluding hydrogens is 1580 g/mol. The minimum Gasteiger partial charge on any atom is -0.547 e. The van der Waals surface area contributed by atoms with Crippen LogP contribution in [0.4, 0.5) is 5.69 Å². The molecular formula is C95H89Li2NO26. The minimum atomic E-state index is -1.15. The first-order valence-corrected chi connectivity index (χ1v) is 40.1. The Morgan fingerprint density at radius 2 is 0.613 bits per heavy atom. The minimum absolute atomic E-state index is 0. The molecule has 9 aromatic rings. The van der Waals surface area contributed by atoms with E-state index >= 15 is 0 Å². The number of benzene rings is 8. The van der Waals surface area contributed by atoms with Crippen LogP contribution >= 0.6 is 0 Å². The quantitative estimate of drug-likeness (QED) is 0.0518. The molecule has 8 aromatic carbocycles. The van der Waals surface area contributed by atoms with E-state index in [0.717, 1.165) is 142 Å². The van der Waals surface area contributed by atoms with Crippen LogP contribution < -0.4 is 53.7 Å². The van der Waals surface area contributed by atoms with Crippen molar-refractivity contribution >= 4 is 59.4 Å². The molecule has 14 aliphatic heterocycles. The molecule has 27 nitrogen and oxygen atoms in total. The molecule has 6 saturated heterocycles. The van der Waals surface area contributed by atoms with Crippen molar-refractivity contribution in [3.8, 4) is 0 Å². The van der Waals surface area contributed by atoms with Gasteiger partial charge in [0.1, 0.15) is 17.3 Å². The number of para-hydroxylation sites is 1. The predicted octanol–water partition coefficient (Wildman–Crippen LogP) is 6.41. The molecule has 0 amide bonds. The molecule has 6 fully saturated rings. The van der Waals surface area contributed by atoms with E-state index in [-0.39, 0.29) is 122 Å². The Labute approximate surface area is 738 Å². The summed E-state index contributed by atoms with van der Waals surface area (Å²) in [4.78, 5) is 102. The predicted molar refractivity (Wildman–Crippen MR) is 426 cm³/mol. The van der Waals surface area contributed by atoms with Gasteiger partial charge < -0.3 is 96.6 Å². The first-order valence-electron chi connectivity index (χ1n) is 40.1. The van der Waals surface area contributed by atoms with Crippen LogP contribution in [-0.4, -0.2) is 101 Å².